The second-order valence-electron chi connectivity index (χ2n) is 17.6. The van der Waals surface area contributed by atoms with Gasteiger partial charge in [0.2, 0.25) is 23.7 Å². The molecule has 1 aliphatic rings. The average Bonchev–Trinajstić information content (AvgIpc) is 3.93. The van der Waals surface area contributed by atoms with Crippen LogP contribution in [-0.4, -0.2) is 116 Å². The Morgan fingerprint density at radius 1 is 0.836 bits per heavy atom. The Hall–Kier alpha value is -8.69. The number of nitrogens with two attached hydrogens (primary N) is 1. The van der Waals surface area contributed by atoms with Gasteiger partial charge >= 0.3 is 18.2 Å². The van der Waals surface area contributed by atoms with Crippen LogP contribution in [0.25, 0.3) is 33.4 Å². The van der Waals surface area contributed by atoms with Crippen molar-refractivity contribution in [1.82, 2.24) is 51.0 Å². The molecule has 73 heavy (non-hydrogen) atoms. The monoisotopic (exact) mass is 999 g/mol. The minimum atomic E-state index is -1.05. The number of imide groups is 1. The number of carbonyl (C=O) groups excluding carboxylic acids is 8. The first-order valence-electron chi connectivity index (χ1n) is 24.0. The number of nitrogens with zero attached hydrogens (tertiary/aromatic N) is 5. The van der Waals surface area contributed by atoms with Gasteiger partial charge in [-0.1, -0.05) is 44.5 Å². The van der Waals surface area contributed by atoms with E-state index in [-0.39, 0.29) is 74.7 Å². The van der Waals surface area contributed by atoms with Crippen molar-refractivity contribution in [3.63, 3.8) is 0 Å². The molecule has 22 heteroatoms. The molecule has 0 fully saturated rings. The summed E-state index contributed by atoms with van der Waals surface area (Å²) in [5.74, 6) is -2.23. The van der Waals surface area contributed by atoms with Gasteiger partial charge in [0.05, 0.1) is 29.0 Å². The number of urea groups is 2. The van der Waals surface area contributed by atoms with E-state index in [1.807, 2.05) is 49.4 Å². The van der Waals surface area contributed by atoms with E-state index in [2.05, 4.69) is 51.8 Å². The smallest absolute Gasteiger partial charge is 0.410 e. The van der Waals surface area contributed by atoms with Crippen LogP contribution in [0.3, 0.4) is 0 Å². The molecular weight excluding hydrogens is 939 g/mol. The highest BCUT2D eigenvalue weighted by Crippen LogP contribution is 2.33. The van der Waals surface area contributed by atoms with Crippen molar-refractivity contribution >= 4 is 70.4 Å². The van der Waals surface area contributed by atoms with Gasteiger partial charge in [0.25, 0.3) is 11.8 Å². The van der Waals surface area contributed by atoms with Gasteiger partial charge in [0, 0.05) is 74.5 Å². The number of ether oxygens (including phenoxy) is 1. The minimum Gasteiger partial charge on any atom is -0.445 e. The van der Waals surface area contributed by atoms with Crippen molar-refractivity contribution in [3.8, 4) is 22.4 Å². The molecule has 0 bridgehead atoms. The molecule has 9 N–H and O–H groups in total. The molecule has 0 aliphatic carbocycles. The van der Waals surface area contributed by atoms with E-state index in [4.69, 9.17) is 10.5 Å². The van der Waals surface area contributed by atoms with E-state index in [1.165, 1.54) is 17.1 Å². The van der Waals surface area contributed by atoms with Crippen LogP contribution >= 0.6 is 0 Å². The van der Waals surface area contributed by atoms with Gasteiger partial charge < -0.3 is 46.9 Å². The number of benzene rings is 2. The predicted molar refractivity (Wildman–Crippen MR) is 272 cm³/mol. The Labute approximate surface area is 421 Å². The molecule has 5 aromatic rings. The Kier molecular flexibility index (Phi) is 19.1. The van der Waals surface area contributed by atoms with Crippen molar-refractivity contribution in [2.75, 3.05) is 37.3 Å². The van der Waals surface area contributed by atoms with Gasteiger partial charge in [-0.25, -0.2) is 19.4 Å². The molecule has 0 spiro atoms. The largest absolute Gasteiger partial charge is 0.445 e. The highest BCUT2D eigenvalue weighted by molar-refractivity contribution is 6.12. The molecule has 0 radical (unpaired) electrons. The van der Waals surface area contributed by atoms with Crippen molar-refractivity contribution in [2.45, 2.75) is 84.5 Å². The van der Waals surface area contributed by atoms with E-state index in [0.29, 0.717) is 65.9 Å². The number of nitrogens with one attached hydrogen (secondary N) is 7. The third-order valence-electron chi connectivity index (χ3n) is 11.6. The van der Waals surface area contributed by atoms with Gasteiger partial charge in [-0.15, -0.1) is 0 Å². The van der Waals surface area contributed by atoms with Crippen LogP contribution in [0.2, 0.25) is 0 Å². The molecule has 2 aromatic carbocycles. The van der Waals surface area contributed by atoms with Crippen LogP contribution in [-0.2, 0) is 41.9 Å². The van der Waals surface area contributed by atoms with Crippen molar-refractivity contribution in [2.24, 2.45) is 11.7 Å². The minimum absolute atomic E-state index is 0.0647. The third kappa shape index (κ3) is 15.7. The number of H-pyrrole nitrogens is 1. The second-order valence-corrected chi connectivity index (χ2v) is 17.6. The Morgan fingerprint density at radius 3 is 2.27 bits per heavy atom. The molecule has 4 heterocycles. The number of aromatic amines is 1. The number of aromatic nitrogens is 4. The lowest BCUT2D eigenvalue weighted by Crippen LogP contribution is -2.54. The van der Waals surface area contributed by atoms with Crippen LogP contribution in [0.5, 0.6) is 0 Å². The summed E-state index contributed by atoms with van der Waals surface area (Å²) in [6.45, 7) is 6.31. The number of carbonyl (C=O) groups is 8. The number of hydrogen-bond donors (Lipinski definition) is 8. The van der Waals surface area contributed by atoms with Crippen molar-refractivity contribution < 1.29 is 43.1 Å². The summed E-state index contributed by atoms with van der Waals surface area (Å²) >= 11 is 0. The number of primary amides is 1. The van der Waals surface area contributed by atoms with E-state index in [1.54, 1.807) is 57.6 Å². The van der Waals surface area contributed by atoms with Gasteiger partial charge in [0.1, 0.15) is 18.7 Å². The molecule has 0 saturated heterocycles. The molecule has 3 aromatic heterocycles. The standard InChI is InChI=1S/C51H61N13O9/c1-5-53-50(71)62-49-59-40-27-34(26-37(45(40)61-49)38-12-8-9-23-54-38)33-17-20-36(56-28-33)29-63(4)51(72)73-30-32-15-18-35(19-16-32)57-46(68)39(13-11-24-55-48(52)70)58-47(69)44(31(2)3)60-41(65)14-7-6-10-25-64-42(66)21-22-43(64)67/h8-9,12,15-23,26-28,31,39,44H,5-7,10-11,13-14,24-25,29-30H2,1-4H3,(H,57,68)(H,58,69)(H,60,65)(H3,52,55,70)(H3,53,59,61,62,71)/t39?,44-/m0/s1. The fourth-order valence-electron chi connectivity index (χ4n) is 7.75. The van der Waals surface area contributed by atoms with E-state index in [0.717, 1.165) is 21.6 Å². The summed E-state index contributed by atoms with van der Waals surface area (Å²) in [5, 5.41) is 16.2. The first-order chi connectivity index (χ1) is 35.1. The lowest BCUT2D eigenvalue weighted by atomic mass is 10.0. The Morgan fingerprint density at radius 2 is 1.60 bits per heavy atom. The van der Waals surface area contributed by atoms with Gasteiger partial charge in [-0.05, 0) is 92.1 Å². The Balaban J connectivity index is 0.997. The fourth-order valence-corrected chi connectivity index (χ4v) is 7.75. The normalized spacial score (nSPS) is 12.8. The maximum Gasteiger partial charge on any atom is 0.410 e. The first-order valence-corrected chi connectivity index (χ1v) is 24.0. The van der Waals surface area contributed by atoms with Crippen LogP contribution in [0.1, 0.15) is 70.6 Å². The molecule has 1 aliphatic heterocycles. The van der Waals surface area contributed by atoms with Gasteiger partial charge in [-0.3, -0.25) is 44.2 Å². The number of fused-ring (bicyclic) bond motifs is 1. The maximum absolute atomic E-state index is 13.6. The zero-order valence-electron chi connectivity index (χ0n) is 41.2. The third-order valence-corrected chi connectivity index (χ3v) is 11.6. The predicted octanol–water partition coefficient (Wildman–Crippen LogP) is 5.09. The molecule has 22 nitrogen and oxygen atoms in total. The SMILES string of the molecule is CCNC(=O)Nc1nc2cc(-c3ccc(CN(C)C(=O)OCc4ccc(NC(=O)C(CCCNC(N)=O)NC(=O)[C@@H](NC(=O)CCCCCN5C(=O)C=CC5=O)C(C)C)cc4)nc3)cc(-c3ccccn3)c2[nH]1. The highest BCUT2D eigenvalue weighted by Gasteiger charge is 2.29. The summed E-state index contributed by atoms with van der Waals surface area (Å²) in [4.78, 5) is 120. The number of imidazole rings is 1. The molecule has 1 unspecified atom stereocenters. The Bertz CT molecular complexity index is 2780. The number of amides is 10. The summed E-state index contributed by atoms with van der Waals surface area (Å²) in [7, 11) is 1.59. The van der Waals surface area contributed by atoms with E-state index in [9.17, 15) is 38.4 Å². The van der Waals surface area contributed by atoms with Crippen molar-refractivity contribution in [1.29, 1.82) is 0 Å². The van der Waals surface area contributed by atoms with Gasteiger partial charge in [-0.2, -0.15) is 0 Å². The lowest BCUT2D eigenvalue weighted by Gasteiger charge is -2.25. The van der Waals surface area contributed by atoms with Crippen LogP contribution in [0.4, 0.5) is 26.0 Å². The molecule has 0 saturated carbocycles. The number of hydrogen-bond acceptors (Lipinski definition) is 12. The lowest BCUT2D eigenvalue weighted by molar-refractivity contribution is -0.137. The quantitative estimate of drug-likeness (QED) is 0.0296. The second kappa shape index (κ2) is 26.0. The average molecular weight is 1000 g/mol. The molecular formula is C51H61N13O9. The van der Waals surface area contributed by atoms with E-state index >= 15 is 0 Å². The summed E-state index contributed by atoms with van der Waals surface area (Å²) in [6.07, 6.45) is 7.39. The molecule has 2 atom stereocenters. The first kappa shape index (κ1) is 53.7. The van der Waals surface area contributed by atoms with Crippen LogP contribution in [0, 0.1) is 5.92 Å². The highest BCUT2D eigenvalue weighted by atomic mass is 16.6. The number of unbranched alkanes of at least 4 members (excludes halogenated alkanes) is 2. The zero-order chi connectivity index (χ0) is 52.4. The zero-order valence-corrected chi connectivity index (χ0v) is 41.2. The molecule has 10 amide bonds. The summed E-state index contributed by atoms with van der Waals surface area (Å²) in [5.41, 5.74) is 11.3. The number of rotatable bonds is 24. The maximum atomic E-state index is 13.6. The van der Waals surface area contributed by atoms with Crippen LogP contribution < -0.4 is 37.6 Å². The molecule has 384 valence electrons. The number of anilines is 2. The summed E-state index contributed by atoms with van der Waals surface area (Å²) < 4.78 is 5.58. The fraction of sp³-hybridized carbons (Fsp3) is 0.353. The molecule has 6 rings (SSSR count). The van der Waals surface area contributed by atoms with Gasteiger partial charge in [0.15, 0.2) is 0 Å². The van der Waals surface area contributed by atoms with Crippen molar-refractivity contribution in [3.05, 3.63) is 103 Å². The van der Waals surface area contributed by atoms with Crippen LogP contribution in [0.15, 0.2) is 91.3 Å². The summed E-state index contributed by atoms with van der Waals surface area (Å²) in [6, 6.07) is 16.7. The topological polar surface area (TPSA) is 305 Å². The van der Waals surface area contributed by atoms with E-state index < -0.39 is 36.0 Å². The number of pyridine rings is 2.